The molecule has 1 fully saturated rings. The third kappa shape index (κ3) is 3.14. The molecule has 156 valence electrons. The Balaban J connectivity index is 1.77. The Labute approximate surface area is 172 Å². The zero-order valence-electron chi connectivity index (χ0n) is 16.6. The highest BCUT2D eigenvalue weighted by Gasteiger charge is 2.35. The standard InChI is InChI=1S/C21H23N5O4/c1-11(2)14-8-15(18(28)9-17(14)27)20-23-24-21(30)26(20)13-3-4-16-12(7-13)5-6-25(16)19(29)10-22/h3-9,11,20,23,27-28H,10,22H2,1-2H3,(H,24,30). The highest BCUT2D eigenvalue weighted by molar-refractivity contribution is 5.99. The molecule has 9 heteroatoms. The maximum Gasteiger partial charge on any atom is 0.337 e. The monoisotopic (exact) mass is 409 g/mol. The number of nitrogens with zero attached hydrogens (tertiary/aromatic N) is 2. The van der Waals surface area contributed by atoms with Crippen LogP contribution in [0, 0.1) is 0 Å². The summed E-state index contributed by atoms with van der Waals surface area (Å²) in [5.41, 5.74) is 13.3. The maximum absolute atomic E-state index is 12.6. The number of carbonyl (C=O) groups excluding carboxylic acids is 2. The number of aromatic hydroxyl groups is 2. The van der Waals surface area contributed by atoms with Gasteiger partial charge in [0.25, 0.3) is 0 Å². The van der Waals surface area contributed by atoms with E-state index < -0.39 is 12.2 Å². The molecule has 0 bridgehead atoms. The molecule has 1 aliphatic rings. The third-order valence-electron chi connectivity index (χ3n) is 5.28. The second-order valence-corrected chi connectivity index (χ2v) is 7.50. The van der Waals surface area contributed by atoms with E-state index in [1.165, 1.54) is 15.5 Å². The predicted molar refractivity (Wildman–Crippen MR) is 112 cm³/mol. The van der Waals surface area contributed by atoms with Crippen molar-refractivity contribution in [1.29, 1.82) is 0 Å². The Morgan fingerprint density at radius 2 is 1.93 bits per heavy atom. The van der Waals surface area contributed by atoms with Crippen molar-refractivity contribution >= 4 is 28.5 Å². The van der Waals surface area contributed by atoms with E-state index in [4.69, 9.17) is 5.73 Å². The number of anilines is 1. The van der Waals surface area contributed by atoms with Crippen molar-refractivity contribution in [2.24, 2.45) is 5.73 Å². The van der Waals surface area contributed by atoms with Gasteiger partial charge in [-0.05, 0) is 41.8 Å². The number of hydrazine groups is 1. The van der Waals surface area contributed by atoms with Crippen molar-refractivity contribution in [3.8, 4) is 11.5 Å². The number of carbonyl (C=O) groups is 2. The van der Waals surface area contributed by atoms with Crippen molar-refractivity contribution < 1.29 is 19.8 Å². The molecule has 0 spiro atoms. The Kier molecular flexibility index (Phi) is 4.84. The Bertz CT molecular complexity index is 1150. The van der Waals surface area contributed by atoms with Crippen LogP contribution in [0.3, 0.4) is 0 Å². The minimum atomic E-state index is -0.694. The molecule has 1 atom stereocenters. The second kappa shape index (κ2) is 7.36. The number of fused-ring (bicyclic) bond motifs is 1. The fraction of sp³-hybridized carbons (Fsp3) is 0.238. The van der Waals surface area contributed by atoms with Gasteiger partial charge in [-0.2, -0.15) is 0 Å². The van der Waals surface area contributed by atoms with Crippen LogP contribution < -0.4 is 21.5 Å². The first-order valence-electron chi connectivity index (χ1n) is 9.56. The second-order valence-electron chi connectivity index (χ2n) is 7.50. The van der Waals surface area contributed by atoms with E-state index in [9.17, 15) is 19.8 Å². The van der Waals surface area contributed by atoms with Gasteiger partial charge in [0.2, 0.25) is 5.91 Å². The normalized spacial score (nSPS) is 16.5. The van der Waals surface area contributed by atoms with E-state index in [1.807, 2.05) is 13.8 Å². The lowest BCUT2D eigenvalue weighted by Crippen LogP contribution is -2.29. The van der Waals surface area contributed by atoms with Gasteiger partial charge in [0, 0.05) is 28.9 Å². The molecule has 6 N–H and O–H groups in total. The Hall–Kier alpha value is -3.56. The van der Waals surface area contributed by atoms with Gasteiger partial charge in [0.05, 0.1) is 12.1 Å². The topological polar surface area (TPSA) is 133 Å². The summed E-state index contributed by atoms with van der Waals surface area (Å²) in [6, 6.07) is 9.62. The van der Waals surface area contributed by atoms with Crippen molar-refractivity contribution in [3.05, 3.63) is 53.7 Å². The lowest BCUT2D eigenvalue weighted by Gasteiger charge is -2.25. The smallest absolute Gasteiger partial charge is 0.337 e. The van der Waals surface area contributed by atoms with E-state index in [0.717, 1.165) is 5.39 Å². The molecule has 1 unspecified atom stereocenters. The first-order valence-corrected chi connectivity index (χ1v) is 9.56. The molecule has 0 saturated carbocycles. The average molecular weight is 409 g/mol. The Morgan fingerprint density at radius 3 is 2.63 bits per heavy atom. The van der Waals surface area contributed by atoms with Crippen LogP contribution in [-0.2, 0) is 0 Å². The molecule has 2 aromatic carbocycles. The molecular formula is C21H23N5O4. The fourth-order valence-electron chi connectivity index (χ4n) is 3.74. The van der Waals surface area contributed by atoms with Crippen molar-refractivity contribution in [2.45, 2.75) is 25.9 Å². The molecule has 1 aliphatic heterocycles. The maximum atomic E-state index is 12.6. The van der Waals surface area contributed by atoms with Crippen molar-refractivity contribution in [2.75, 3.05) is 11.4 Å². The first kappa shape index (κ1) is 19.7. The number of phenols is 2. The number of rotatable bonds is 4. The summed E-state index contributed by atoms with van der Waals surface area (Å²) in [6.45, 7) is 3.76. The van der Waals surface area contributed by atoms with Gasteiger partial charge in [0.1, 0.15) is 17.7 Å². The summed E-state index contributed by atoms with van der Waals surface area (Å²) in [5.74, 6) is -0.329. The van der Waals surface area contributed by atoms with Gasteiger partial charge < -0.3 is 15.9 Å². The molecule has 2 amide bonds. The molecular weight excluding hydrogens is 386 g/mol. The number of hydrogen-bond acceptors (Lipinski definition) is 6. The van der Waals surface area contributed by atoms with E-state index in [-0.39, 0.29) is 29.9 Å². The molecule has 4 rings (SSSR count). The van der Waals surface area contributed by atoms with Gasteiger partial charge in [-0.3, -0.25) is 19.7 Å². The number of hydrogen-bond donors (Lipinski definition) is 5. The number of nitrogens with one attached hydrogen (secondary N) is 2. The average Bonchev–Trinajstić information content (AvgIpc) is 3.30. The van der Waals surface area contributed by atoms with Crippen LogP contribution in [0.15, 0.2) is 42.6 Å². The summed E-state index contributed by atoms with van der Waals surface area (Å²) in [7, 11) is 0. The number of phenolic OH excluding ortho intramolecular Hbond substituents is 2. The lowest BCUT2D eigenvalue weighted by molar-refractivity contribution is 0.0928. The van der Waals surface area contributed by atoms with Crippen LogP contribution in [0.1, 0.15) is 41.9 Å². The number of benzene rings is 2. The van der Waals surface area contributed by atoms with Gasteiger partial charge in [-0.1, -0.05) is 13.8 Å². The fourth-order valence-corrected chi connectivity index (χ4v) is 3.74. The molecule has 1 aromatic heterocycles. The highest BCUT2D eigenvalue weighted by atomic mass is 16.3. The van der Waals surface area contributed by atoms with Crippen LogP contribution in [0.5, 0.6) is 11.5 Å². The summed E-state index contributed by atoms with van der Waals surface area (Å²) in [6.07, 6.45) is 0.949. The van der Waals surface area contributed by atoms with E-state index in [2.05, 4.69) is 10.9 Å². The number of urea groups is 1. The molecule has 1 saturated heterocycles. The first-order chi connectivity index (χ1) is 14.3. The van der Waals surface area contributed by atoms with E-state index in [0.29, 0.717) is 22.3 Å². The quantitative estimate of drug-likeness (QED) is 0.450. The zero-order valence-corrected chi connectivity index (χ0v) is 16.6. The third-order valence-corrected chi connectivity index (χ3v) is 5.28. The van der Waals surface area contributed by atoms with Crippen LogP contribution in [-0.4, -0.2) is 33.3 Å². The predicted octanol–water partition coefficient (Wildman–Crippen LogP) is 2.51. The summed E-state index contributed by atoms with van der Waals surface area (Å²) < 4.78 is 1.47. The van der Waals surface area contributed by atoms with Crippen LogP contribution in [0.2, 0.25) is 0 Å². The highest BCUT2D eigenvalue weighted by Crippen LogP contribution is 2.39. The number of aromatic nitrogens is 1. The van der Waals surface area contributed by atoms with Gasteiger partial charge in [-0.25, -0.2) is 10.2 Å². The molecule has 30 heavy (non-hydrogen) atoms. The summed E-state index contributed by atoms with van der Waals surface area (Å²) in [4.78, 5) is 26.0. The molecule has 0 aliphatic carbocycles. The molecule has 2 heterocycles. The summed E-state index contributed by atoms with van der Waals surface area (Å²) >= 11 is 0. The minimum absolute atomic E-state index is 0.00223. The van der Waals surface area contributed by atoms with E-state index in [1.54, 1.807) is 36.5 Å². The van der Waals surface area contributed by atoms with Crippen LogP contribution in [0.25, 0.3) is 10.9 Å². The van der Waals surface area contributed by atoms with E-state index >= 15 is 0 Å². The number of nitrogens with two attached hydrogens (primary N) is 1. The van der Waals surface area contributed by atoms with Crippen LogP contribution in [0.4, 0.5) is 10.5 Å². The summed E-state index contributed by atoms with van der Waals surface area (Å²) in [5, 5.41) is 21.4. The Morgan fingerprint density at radius 1 is 1.17 bits per heavy atom. The zero-order chi connectivity index (χ0) is 21.6. The largest absolute Gasteiger partial charge is 0.508 e. The van der Waals surface area contributed by atoms with Gasteiger partial charge in [0.15, 0.2) is 0 Å². The lowest BCUT2D eigenvalue weighted by atomic mass is 9.97. The molecule has 3 aromatic rings. The van der Waals surface area contributed by atoms with Gasteiger partial charge in [-0.15, -0.1) is 0 Å². The minimum Gasteiger partial charge on any atom is -0.508 e. The molecule has 0 radical (unpaired) electrons. The van der Waals surface area contributed by atoms with Crippen LogP contribution >= 0.6 is 0 Å². The van der Waals surface area contributed by atoms with Crippen molar-refractivity contribution in [1.82, 2.24) is 15.4 Å². The number of amides is 2. The molecule has 9 nitrogen and oxygen atoms in total. The van der Waals surface area contributed by atoms with Gasteiger partial charge >= 0.3 is 6.03 Å². The van der Waals surface area contributed by atoms with Crippen molar-refractivity contribution in [3.63, 3.8) is 0 Å². The SMILES string of the molecule is CC(C)c1cc(C2NNC(=O)N2c2ccc3c(ccn3C(=O)CN)c2)c(O)cc1O.